The summed E-state index contributed by atoms with van der Waals surface area (Å²) in [4.78, 5) is 20.1. The Morgan fingerprint density at radius 2 is 1.69 bits per heavy atom. The standard InChI is InChI=1S/C31H27F4N7OS2/c1-17(2)30-40-26(19-5-3-8-23(25(19)35)41-45-27-20(32)6-4-7-21(27)33)28(44-30)24-9-10-36-31(39-24)38-18-15-22(34)29(37-16-18)42-11-13-43-14-12-42/h3-10,15-17,41H,11-14H2,1-2H3,(H,36,38,39). The Hall–Kier alpha value is -4.27. The fraction of sp³-hybridized carbons (Fsp3) is 0.226. The van der Waals surface area contributed by atoms with E-state index in [1.165, 1.54) is 35.7 Å². The molecule has 5 aromatic rings. The SMILES string of the molecule is CC(C)c1nc(-c2cccc(NSc3c(F)cccc3F)c2F)c(-c2ccnc(Nc3cnc(N4CCOCC4)c(F)c3)n2)s1. The number of hydrogen-bond acceptors (Lipinski definition) is 10. The smallest absolute Gasteiger partial charge is 0.227 e. The number of pyridine rings is 1. The van der Waals surface area contributed by atoms with Crippen molar-refractivity contribution in [2.24, 2.45) is 0 Å². The first-order valence-electron chi connectivity index (χ1n) is 14.0. The minimum atomic E-state index is -0.757. The van der Waals surface area contributed by atoms with Crippen LogP contribution >= 0.6 is 23.3 Å². The highest BCUT2D eigenvalue weighted by Crippen LogP contribution is 2.41. The zero-order chi connectivity index (χ0) is 31.5. The molecule has 0 spiro atoms. The largest absolute Gasteiger partial charge is 0.378 e. The van der Waals surface area contributed by atoms with Crippen molar-refractivity contribution in [3.8, 4) is 21.8 Å². The van der Waals surface area contributed by atoms with Gasteiger partial charge in [0, 0.05) is 36.8 Å². The van der Waals surface area contributed by atoms with E-state index in [0.717, 1.165) is 17.1 Å². The van der Waals surface area contributed by atoms with Crippen LogP contribution in [0.4, 0.5) is 40.7 Å². The molecule has 0 radical (unpaired) electrons. The summed E-state index contributed by atoms with van der Waals surface area (Å²) in [5, 5.41) is 3.77. The van der Waals surface area contributed by atoms with E-state index in [1.807, 2.05) is 18.7 Å². The molecular formula is C31H27F4N7OS2. The number of morpholine rings is 1. The van der Waals surface area contributed by atoms with E-state index in [4.69, 9.17) is 9.72 Å². The quantitative estimate of drug-likeness (QED) is 0.121. The lowest BCUT2D eigenvalue weighted by Gasteiger charge is -2.28. The van der Waals surface area contributed by atoms with Gasteiger partial charge in [-0.25, -0.2) is 37.5 Å². The summed E-state index contributed by atoms with van der Waals surface area (Å²) >= 11 is 2.01. The molecular weight excluding hydrogens is 627 g/mol. The van der Waals surface area contributed by atoms with Crippen LogP contribution in [0.1, 0.15) is 24.8 Å². The molecule has 0 saturated carbocycles. The first kappa shape index (κ1) is 30.7. The van der Waals surface area contributed by atoms with E-state index in [9.17, 15) is 13.2 Å². The van der Waals surface area contributed by atoms with Crippen LogP contribution in [0.3, 0.4) is 0 Å². The number of nitrogens with one attached hydrogen (secondary N) is 2. The van der Waals surface area contributed by atoms with Gasteiger partial charge in [-0.15, -0.1) is 11.3 Å². The zero-order valence-corrected chi connectivity index (χ0v) is 25.8. The van der Waals surface area contributed by atoms with Gasteiger partial charge < -0.3 is 19.7 Å². The van der Waals surface area contributed by atoms with Gasteiger partial charge in [0.2, 0.25) is 5.95 Å². The molecule has 4 heterocycles. The Bertz CT molecular complexity index is 1810. The molecule has 1 fully saturated rings. The van der Waals surface area contributed by atoms with Gasteiger partial charge in [-0.2, -0.15) is 0 Å². The normalized spacial score (nSPS) is 13.4. The molecule has 8 nitrogen and oxygen atoms in total. The Morgan fingerprint density at radius 3 is 2.42 bits per heavy atom. The van der Waals surface area contributed by atoms with Crippen LogP contribution < -0.4 is 14.9 Å². The predicted molar refractivity (Wildman–Crippen MR) is 169 cm³/mol. The Morgan fingerprint density at radius 1 is 0.933 bits per heavy atom. The average Bonchev–Trinajstić information content (AvgIpc) is 3.48. The van der Waals surface area contributed by atoms with Crippen LogP contribution in [0.2, 0.25) is 0 Å². The maximum absolute atomic E-state index is 15.9. The number of thiazole rings is 1. The average molecular weight is 654 g/mol. The van der Waals surface area contributed by atoms with E-state index >= 15 is 4.39 Å². The van der Waals surface area contributed by atoms with E-state index in [2.05, 4.69) is 25.0 Å². The molecule has 0 atom stereocenters. The van der Waals surface area contributed by atoms with Gasteiger partial charge in [0.05, 0.1) is 57.0 Å². The van der Waals surface area contributed by atoms with Crippen LogP contribution in [0, 0.1) is 23.3 Å². The Labute approximate surface area is 265 Å². The minimum Gasteiger partial charge on any atom is -0.378 e. The minimum absolute atomic E-state index is 0.0327. The summed E-state index contributed by atoms with van der Waals surface area (Å²) in [6.07, 6.45) is 3.06. The number of halogens is 4. The monoisotopic (exact) mass is 653 g/mol. The van der Waals surface area contributed by atoms with Crippen LogP contribution in [0.25, 0.3) is 21.8 Å². The molecule has 2 N–H and O–H groups in total. The maximum Gasteiger partial charge on any atom is 0.227 e. The Balaban J connectivity index is 1.29. The lowest BCUT2D eigenvalue weighted by Crippen LogP contribution is -2.37. The van der Waals surface area contributed by atoms with Crippen molar-refractivity contribution in [2.75, 3.05) is 41.2 Å². The zero-order valence-electron chi connectivity index (χ0n) is 24.2. The lowest BCUT2D eigenvalue weighted by molar-refractivity contribution is 0.122. The second kappa shape index (κ2) is 13.4. The summed E-state index contributed by atoms with van der Waals surface area (Å²) in [7, 11) is 0. The van der Waals surface area contributed by atoms with Crippen molar-refractivity contribution < 1.29 is 22.3 Å². The van der Waals surface area contributed by atoms with Crippen molar-refractivity contribution in [2.45, 2.75) is 24.7 Å². The van der Waals surface area contributed by atoms with Crippen molar-refractivity contribution in [1.82, 2.24) is 19.9 Å². The van der Waals surface area contributed by atoms with Crippen molar-refractivity contribution in [1.29, 1.82) is 0 Å². The second-order valence-electron chi connectivity index (χ2n) is 10.3. The van der Waals surface area contributed by atoms with Crippen molar-refractivity contribution in [3.63, 3.8) is 0 Å². The molecule has 0 amide bonds. The van der Waals surface area contributed by atoms with E-state index in [0.29, 0.717) is 60.2 Å². The number of aromatic nitrogens is 4. The molecule has 3 aromatic heterocycles. The fourth-order valence-electron chi connectivity index (χ4n) is 4.60. The Kier molecular flexibility index (Phi) is 9.14. The molecule has 0 aliphatic carbocycles. The summed E-state index contributed by atoms with van der Waals surface area (Å²) < 4.78 is 67.3. The maximum atomic E-state index is 15.9. The molecule has 1 aliphatic heterocycles. The third-order valence-electron chi connectivity index (χ3n) is 6.85. The van der Waals surface area contributed by atoms with Gasteiger partial charge in [-0.3, -0.25) is 0 Å². The summed E-state index contributed by atoms with van der Waals surface area (Å²) in [6.45, 7) is 6.10. The van der Waals surface area contributed by atoms with Crippen molar-refractivity contribution >= 4 is 46.4 Å². The topological polar surface area (TPSA) is 88.1 Å². The van der Waals surface area contributed by atoms with Gasteiger partial charge in [0.15, 0.2) is 17.5 Å². The molecule has 0 unspecified atom stereocenters. The third-order valence-corrected chi connectivity index (χ3v) is 9.14. The molecule has 2 aromatic carbocycles. The van der Waals surface area contributed by atoms with Gasteiger partial charge in [0.1, 0.15) is 11.6 Å². The highest BCUT2D eigenvalue weighted by molar-refractivity contribution is 8.00. The van der Waals surface area contributed by atoms with Crippen LogP contribution in [0.15, 0.2) is 65.8 Å². The van der Waals surface area contributed by atoms with Crippen LogP contribution in [0.5, 0.6) is 0 Å². The van der Waals surface area contributed by atoms with E-state index in [-0.39, 0.29) is 33.8 Å². The summed E-state index contributed by atoms with van der Waals surface area (Å²) in [5.41, 5.74) is 1.42. The fourth-order valence-corrected chi connectivity index (χ4v) is 6.35. The highest BCUT2D eigenvalue weighted by atomic mass is 32.2. The van der Waals surface area contributed by atoms with Gasteiger partial charge >= 0.3 is 0 Å². The first-order valence-corrected chi connectivity index (χ1v) is 15.7. The number of hydrogen-bond donors (Lipinski definition) is 2. The first-order chi connectivity index (χ1) is 21.8. The molecule has 14 heteroatoms. The highest BCUT2D eigenvalue weighted by Gasteiger charge is 2.23. The number of rotatable bonds is 9. The summed E-state index contributed by atoms with van der Waals surface area (Å²) in [5.74, 6) is -2.14. The van der Waals surface area contributed by atoms with E-state index < -0.39 is 23.3 Å². The van der Waals surface area contributed by atoms with E-state index in [1.54, 1.807) is 24.4 Å². The molecule has 0 bridgehead atoms. The number of anilines is 4. The van der Waals surface area contributed by atoms with Gasteiger partial charge in [-0.05, 0) is 42.3 Å². The van der Waals surface area contributed by atoms with Crippen LogP contribution in [-0.4, -0.2) is 46.2 Å². The molecule has 1 saturated heterocycles. The lowest BCUT2D eigenvalue weighted by atomic mass is 10.1. The van der Waals surface area contributed by atoms with Crippen molar-refractivity contribution in [3.05, 3.63) is 89.2 Å². The predicted octanol–water partition coefficient (Wildman–Crippen LogP) is 8.04. The number of nitrogens with zero attached hydrogens (tertiary/aromatic N) is 5. The molecule has 6 rings (SSSR count). The molecule has 1 aliphatic rings. The molecule has 45 heavy (non-hydrogen) atoms. The number of benzene rings is 2. The van der Waals surface area contributed by atoms with Gasteiger partial charge in [-0.1, -0.05) is 26.0 Å². The van der Waals surface area contributed by atoms with Crippen LogP contribution in [-0.2, 0) is 4.74 Å². The number of ether oxygens (including phenoxy) is 1. The second-order valence-corrected chi connectivity index (χ2v) is 12.2. The summed E-state index contributed by atoms with van der Waals surface area (Å²) in [6, 6.07) is 11.2. The molecule has 232 valence electrons. The third kappa shape index (κ3) is 6.72. The van der Waals surface area contributed by atoms with Gasteiger partial charge in [0.25, 0.3) is 0 Å².